The van der Waals surface area contributed by atoms with Crippen molar-refractivity contribution in [3.8, 4) is 0 Å². The third-order valence-corrected chi connectivity index (χ3v) is 3.86. The van der Waals surface area contributed by atoms with Gasteiger partial charge >= 0.3 is 6.03 Å². The molecule has 2 aromatic rings. The lowest BCUT2D eigenvalue weighted by Gasteiger charge is -2.21. The molecule has 0 aliphatic rings. The van der Waals surface area contributed by atoms with Gasteiger partial charge in [0, 0.05) is 25.6 Å². The van der Waals surface area contributed by atoms with Gasteiger partial charge in [-0.1, -0.05) is 13.8 Å². The predicted molar refractivity (Wildman–Crippen MR) is 90.4 cm³/mol. The number of amides is 2. The van der Waals surface area contributed by atoms with Crippen LogP contribution < -0.4 is 10.6 Å². The van der Waals surface area contributed by atoms with Crippen LogP contribution in [0.25, 0.3) is 11.0 Å². The van der Waals surface area contributed by atoms with Crippen LogP contribution in [-0.4, -0.2) is 39.1 Å². The van der Waals surface area contributed by atoms with Crippen molar-refractivity contribution < 1.29 is 9.90 Å². The van der Waals surface area contributed by atoms with Gasteiger partial charge in [0.25, 0.3) is 0 Å². The van der Waals surface area contributed by atoms with Gasteiger partial charge in [-0.25, -0.2) is 9.78 Å². The fraction of sp³-hybridized carbons (Fsp3) is 0.562. The van der Waals surface area contributed by atoms with Crippen LogP contribution >= 0.6 is 0 Å². The summed E-state index contributed by atoms with van der Waals surface area (Å²) in [6, 6.07) is 1.62. The molecule has 23 heavy (non-hydrogen) atoms. The minimum Gasteiger partial charge on any atom is -0.396 e. The minimum absolute atomic E-state index is 0.106. The number of aromatic nitrogens is 3. The van der Waals surface area contributed by atoms with Crippen molar-refractivity contribution in [1.82, 2.24) is 20.1 Å². The molecule has 3 N–H and O–H groups in total. The molecule has 2 aromatic heterocycles. The Balaban J connectivity index is 1.87. The molecular weight excluding hydrogens is 294 g/mol. The number of anilines is 1. The van der Waals surface area contributed by atoms with E-state index in [1.165, 1.54) is 0 Å². The van der Waals surface area contributed by atoms with Gasteiger partial charge in [0.2, 0.25) is 0 Å². The first kappa shape index (κ1) is 17.2. The van der Waals surface area contributed by atoms with Crippen molar-refractivity contribution in [2.75, 3.05) is 18.5 Å². The smallest absolute Gasteiger partial charge is 0.319 e. The zero-order valence-corrected chi connectivity index (χ0v) is 14.2. The van der Waals surface area contributed by atoms with E-state index >= 15 is 0 Å². The summed E-state index contributed by atoms with van der Waals surface area (Å²) in [5.74, 6) is 0. The average Bonchev–Trinajstić information content (AvgIpc) is 2.78. The average molecular weight is 319 g/mol. The SMILES string of the molecule is Cc1nn(C)c2ncc(NC(=O)NCCCC(C)(C)CO)cc12. The van der Waals surface area contributed by atoms with Crippen molar-refractivity contribution in [3.63, 3.8) is 0 Å². The molecule has 7 heteroatoms. The topological polar surface area (TPSA) is 92.1 Å². The molecule has 0 saturated carbocycles. The Morgan fingerprint density at radius 2 is 2.17 bits per heavy atom. The highest BCUT2D eigenvalue weighted by atomic mass is 16.3. The van der Waals surface area contributed by atoms with Crippen molar-refractivity contribution in [1.29, 1.82) is 0 Å². The predicted octanol–water partition coefficient (Wildman–Crippen LogP) is 2.20. The molecule has 0 aromatic carbocycles. The maximum absolute atomic E-state index is 11.9. The lowest BCUT2D eigenvalue weighted by atomic mass is 9.89. The number of pyridine rings is 1. The van der Waals surface area contributed by atoms with Crippen molar-refractivity contribution in [2.45, 2.75) is 33.6 Å². The molecule has 0 atom stereocenters. The number of carbonyl (C=O) groups is 1. The number of hydrogen-bond donors (Lipinski definition) is 3. The van der Waals surface area contributed by atoms with Gasteiger partial charge in [-0.15, -0.1) is 0 Å². The zero-order valence-electron chi connectivity index (χ0n) is 14.2. The Labute approximate surface area is 136 Å². The van der Waals surface area contributed by atoms with E-state index in [-0.39, 0.29) is 18.1 Å². The molecule has 7 nitrogen and oxygen atoms in total. The standard InChI is InChI=1S/C16H25N5O2/c1-11-13-8-12(9-18-14(13)21(4)20-11)19-15(23)17-7-5-6-16(2,3)10-22/h8-9,22H,5-7,10H2,1-4H3,(H2,17,19,23). The number of hydrogen-bond acceptors (Lipinski definition) is 4. The summed E-state index contributed by atoms with van der Waals surface area (Å²) in [6.07, 6.45) is 3.30. The summed E-state index contributed by atoms with van der Waals surface area (Å²) in [5.41, 5.74) is 2.21. The highest BCUT2D eigenvalue weighted by molar-refractivity contribution is 5.91. The highest BCUT2D eigenvalue weighted by Crippen LogP contribution is 2.21. The summed E-state index contributed by atoms with van der Waals surface area (Å²) in [6.45, 7) is 6.64. The summed E-state index contributed by atoms with van der Waals surface area (Å²) < 4.78 is 1.72. The number of rotatable bonds is 6. The van der Waals surface area contributed by atoms with E-state index in [0.717, 1.165) is 29.6 Å². The second kappa shape index (κ2) is 6.95. The number of carbonyl (C=O) groups excluding carboxylic acids is 1. The van der Waals surface area contributed by atoms with Gasteiger partial charge in [-0.05, 0) is 31.2 Å². The van der Waals surface area contributed by atoms with E-state index in [9.17, 15) is 9.90 Å². The Bertz CT molecular complexity index is 693. The molecule has 0 spiro atoms. The fourth-order valence-electron chi connectivity index (χ4n) is 2.40. The van der Waals surface area contributed by atoms with Crippen LogP contribution in [0.1, 0.15) is 32.4 Å². The van der Waals surface area contributed by atoms with Gasteiger partial charge in [0.1, 0.15) is 0 Å². The Kier molecular flexibility index (Phi) is 5.20. The molecule has 0 saturated heterocycles. The van der Waals surface area contributed by atoms with Crippen LogP contribution in [0.15, 0.2) is 12.3 Å². The van der Waals surface area contributed by atoms with E-state index in [1.807, 2.05) is 33.9 Å². The number of urea groups is 1. The lowest BCUT2D eigenvalue weighted by Crippen LogP contribution is -2.30. The Hall–Kier alpha value is -2.15. The molecule has 2 rings (SSSR count). The normalized spacial score (nSPS) is 11.7. The van der Waals surface area contributed by atoms with Crippen molar-refractivity contribution in [3.05, 3.63) is 18.0 Å². The minimum atomic E-state index is -0.255. The Morgan fingerprint density at radius 1 is 1.43 bits per heavy atom. The van der Waals surface area contributed by atoms with Crippen LogP contribution in [0.4, 0.5) is 10.5 Å². The third kappa shape index (κ3) is 4.41. The monoisotopic (exact) mass is 319 g/mol. The summed E-state index contributed by atoms with van der Waals surface area (Å²) in [5, 5.41) is 20.0. The zero-order chi connectivity index (χ0) is 17.0. The summed E-state index contributed by atoms with van der Waals surface area (Å²) in [7, 11) is 1.84. The van der Waals surface area contributed by atoms with Gasteiger partial charge < -0.3 is 15.7 Å². The van der Waals surface area contributed by atoms with E-state index in [4.69, 9.17) is 0 Å². The second-order valence-corrected chi connectivity index (χ2v) is 6.61. The van der Waals surface area contributed by atoms with Crippen LogP contribution in [0.5, 0.6) is 0 Å². The van der Waals surface area contributed by atoms with Gasteiger partial charge in [0.15, 0.2) is 5.65 Å². The van der Waals surface area contributed by atoms with Gasteiger partial charge in [0.05, 0.1) is 17.6 Å². The molecular formula is C16H25N5O2. The van der Waals surface area contributed by atoms with E-state index in [2.05, 4.69) is 20.7 Å². The molecule has 0 fully saturated rings. The molecule has 126 valence electrons. The summed E-state index contributed by atoms with van der Waals surface area (Å²) in [4.78, 5) is 16.2. The van der Waals surface area contributed by atoms with Crippen molar-refractivity contribution in [2.24, 2.45) is 12.5 Å². The molecule has 2 heterocycles. The number of aliphatic hydroxyl groups excluding tert-OH is 1. The summed E-state index contributed by atoms with van der Waals surface area (Å²) >= 11 is 0. The Morgan fingerprint density at radius 3 is 2.87 bits per heavy atom. The third-order valence-electron chi connectivity index (χ3n) is 3.86. The maximum Gasteiger partial charge on any atom is 0.319 e. The molecule has 0 aliphatic carbocycles. The molecule has 0 aliphatic heterocycles. The van der Waals surface area contributed by atoms with Gasteiger partial charge in [-0.2, -0.15) is 5.10 Å². The van der Waals surface area contributed by atoms with Crippen LogP contribution in [0.2, 0.25) is 0 Å². The van der Waals surface area contributed by atoms with E-state index in [0.29, 0.717) is 12.2 Å². The molecule has 2 amide bonds. The number of fused-ring (bicyclic) bond motifs is 1. The first-order valence-corrected chi connectivity index (χ1v) is 7.77. The number of nitrogens with one attached hydrogen (secondary N) is 2. The number of nitrogens with zero attached hydrogens (tertiary/aromatic N) is 3. The lowest BCUT2D eigenvalue weighted by molar-refractivity contribution is 0.148. The molecule has 0 unspecified atom stereocenters. The number of aryl methyl sites for hydroxylation is 2. The largest absolute Gasteiger partial charge is 0.396 e. The van der Waals surface area contributed by atoms with Crippen LogP contribution in [0, 0.1) is 12.3 Å². The molecule has 0 radical (unpaired) electrons. The fourth-order valence-corrected chi connectivity index (χ4v) is 2.40. The quantitative estimate of drug-likeness (QED) is 0.712. The maximum atomic E-state index is 11.9. The van der Waals surface area contributed by atoms with Gasteiger partial charge in [-0.3, -0.25) is 4.68 Å². The number of aliphatic hydroxyl groups is 1. The van der Waals surface area contributed by atoms with Crippen LogP contribution in [-0.2, 0) is 7.05 Å². The van der Waals surface area contributed by atoms with Crippen LogP contribution in [0.3, 0.4) is 0 Å². The van der Waals surface area contributed by atoms with Crippen molar-refractivity contribution >= 4 is 22.8 Å². The molecule has 0 bridgehead atoms. The first-order chi connectivity index (χ1) is 10.8. The van der Waals surface area contributed by atoms with E-state index < -0.39 is 0 Å². The second-order valence-electron chi connectivity index (χ2n) is 6.61. The first-order valence-electron chi connectivity index (χ1n) is 7.77. The highest BCUT2D eigenvalue weighted by Gasteiger charge is 2.15. The van der Waals surface area contributed by atoms with E-state index in [1.54, 1.807) is 10.9 Å².